The van der Waals surface area contributed by atoms with Gasteiger partial charge in [0.25, 0.3) is 11.3 Å². The molecule has 140 valence electrons. The Hall–Kier alpha value is -2.47. The maximum atomic E-state index is 11.0. The van der Waals surface area contributed by atoms with Crippen LogP contribution in [0, 0.1) is 0 Å². The van der Waals surface area contributed by atoms with Crippen molar-refractivity contribution >= 4 is 17.0 Å². The van der Waals surface area contributed by atoms with Crippen LogP contribution in [0.5, 0.6) is 0 Å². The zero-order chi connectivity index (χ0) is 19.1. The predicted octanol–water partition coefficient (Wildman–Crippen LogP) is 4.30. The maximum Gasteiger partial charge on any atom is 0.259 e. The summed E-state index contributed by atoms with van der Waals surface area (Å²) in [6, 6.07) is 26.0. The van der Waals surface area contributed by atoms with E-state index in [4.69, 9.17) is 4.55 Å². The molecule has 0 spiro atoms. The quantitative estimate of drug-likeness (QED) is 0.510. The largest absolute Gasteiger partial charge is 0.392 e. The van der Waals surface area contributed by atoms with Crippen LogP contribution in [-0.2, 0) is 30.7 Å². The highest BCUT2D eigenvalue weighted by atomic mass is 32.2. The van der Waals surface area contributed by atoms with Gasteiger partial charge in [-0.3, -0.25) is 9.27 Å². The molecule has 0 radical (unpaired) electrons. The van der Waals surface area contributed by atoms with Gasteiger partial charge in [-0.05, 0) is 53.1 Å². The minimum Gasteiger partial charge on any atom is -0.392 e. The average molecular weight is 381 g/mol. The average Bonchev–Trinajstić information content (AvgIpc) is 2.68. The summed E-state index contributed by atoms with van der Waals surface area (Å²) >= 11 is -2.09. The van der Waals surface area contributed by atoms with Gasteiger partial charge in [-0.25, -0.2) is 4.21 Å². The smallest absolute Gasteiger partial charge is 0.259 e. The molecule has 3 aromatic rings. The van der Waals surface area contributed by atoms with E-state index in [1.807, 2.05) is 48.5 Å². The van der Waals surface area contributed by atoms with Gasteiger partial charge in [-0.1, -0.05) is 66.7 Å². The highest BCUT2D eigenvalue weighted by Crippen LogP contribution is 2.27. The van der Waals surface area contributed by atoms with Crippen molar-refractivity contribution in [2.45, 2.75) is 25.4 Å². The number of benzene rings is 3. The van der Waals surface area contributed by atoms with Gasteiger partial charge in [0.1, 0.15) is 0 Å². The van der Waals surface area contributed by atoms with Crippen molar-refractivity contribution in [3.8, 4) is 0 Å². The van der Waals surface area contributed by atoms with E-state index in [1.165, 1.54) is 11.1 Å². The van der Waals surface area contributed by atoms with E-state index in [1.54, 1.807) is 6.07 Å². The molecule has 0 fully saturated rings. The zero-order valence-corrected chi connectivity index (χ0v) is 15.7. The molecule has 5 heteroatoms. The first-order valence-electron chi connectivity index (χ1n) is 8.84. The molecule has 0 aliphatic carbocycles. The van der Waals surface area contributed by atoms with E-state index in [0.29, 0.717) is 5.69 Å². The second-order valence-corrected chi connectivity index (χ2v) is 7.25. The van der Waals surface area contributed by atoms with E-state index in [9.17, 15) is 9.32 Å². The first-order chi connectivity index (χ1) is 13.1. The van der Waals surface area contributed by atoms with Crippen LogP contribution >= 0.6 is 0 Å². The fourth-order valence-electron chi connectivity index (χ4n) is 3.30. The molecule has 3 N–H and O–H groups in total. The van der Waals surface area contributed by atoms with Crippen LogP contribution in [-0.4, -0.2) is 13.9 Å². The molecule has 3 rings (SSSR count). The van der Waals surface area contributed by atoms with E-state index >= 15 is 0 Å². The van der Waals surface area contributed by atoms with Crippen LogP contribution in [0.1, 0.15) is 28.2 Å². The fourth-order valence-corrected chi connectivity index (χ4v) is 3.63. The third-order valence-electron chi connectivity index (χ3n) is 4.54. The van der Waals surface area contributed by atoms with Crippen LogP contribution < -0.4 is 4.72 Å². The number of nitrogens with one attached hydrogen (secondary N) is 1. The molecule has 0 amide bonds. The Balaban J connectivity index is 1.88. The van der Waals surface area contributed by atoms with Crippen LogP contribution in [0.4, 0.5) is 5.69 Å². The Bertz CT molecular complexity index is 899. The molecule has 4 nitrogen and oxygen atoms in total. The SMILES string of the molecule is O=S(O)Nc1cccc(CC(Cc2ccccc2)c2cccc(CO)c2)c1. The number of aliphatic hydroxyl groups is 1. The van der Waals surface area contributed by atoms with Gasteiger partial charge in [0.2, 0.25) is 0 Å². The van der Waals surface area contributed by atoms with E-state index in [0.717, 1.165) is 24.0 Å². The monoisotopic (exact) mass is 381 g/mol. The summed E-state index contributed by atoms with van der Waals surface area (Å²) in [4.78, 5) is 0. The van der Waals surface area contributed by atoms with Crippen molar-refractivity contribution in [1.82, 2.24) is 0 Å². The Labute approximate surface area is 162 Å². The molecule has 0 aromatic heterocycles. The lowest BCUT2D eigenvalue weighted by Crippen LogP contribution is -2.08. The number of hydrogen-bond donors (Lipinski definition) is 3. The number of aliphatic hydroxyl groups excluding tert-OH is 1. The summed E-state index contributed by atoms with van der Waals surface area (Å²) in [6.07, 6.45) is 1.66. The molecule has 2 unspecified atom stereocenters. The molecule has 0 bridgehead atoms. The first-order valence-corrected chi connectivity index (χ1v) is 9.95. The van der Waals surface area contributed by atoms with E-state index in [-0.39, 0.29) is 12.5 Å². The highest BCUT2D eigenvalue weighted by Gasteiger charge is 2.14. The summed E-state index contributed by atoms with van der Waals surface area (Å²) in [5.41, 5.74) is 5.03. The third kappa shape index (κ3) is 5.76. The first kappa shape index (κ1) is 19.3. The predicted molar refractivity (Wildman–Crippen MR) is 110 cm³/mol. The fraction of sp³-hybridized carbons (Fsp3) is 0.182. The lowest BCUT2D eigenvalue weighted by atomic mass is 9.86. The van der Waals surface area contributed by atoms with Gasteiger partial charge in [0.05, 0.1) is 6.61 Å². The van der Waals surface area contributed by atoms with Gasteiger partial charge >= 0.3 is 0 Å². The van der Waals surface area contributed by atoms with Crippen LogP contribution in [0.2, 0.25) is 0 Å². The molecule has 0 aliphatic heterocycles. The lowest BCUT2D eigenvalue weighted by molar-refractivity contribution is 0.281. The summed E-state index contributed by atoms with van der Waals surface area (Å²) in [5.74, 6) is 0.230. The lowest BCUT2D eigenvalue weighted by Gasteiger charge is -2.19. The number of anilines is 1. The van der Waals surface area contributed by atoms with Gasteiger partial charge in [0, 0.05) is 5.69 Å². The molecule has 0 heterocycles. The summed E-state index contributed by atoms with van der Waals surface area (Å²) in [5, 5.41) is 9.48. The van der Waals surface area contributed by atoms with Crippen molar-refractivity contribution in [2.75, 3.05) is 4.72 Å². The topological polar surface area (TPSA) is 69.6 Å². The standard InChI is InChI=1S/C22H23NO3S/c24-16-19-9-4-10-20(14-19)21(12-17-6-2-1-3-7-17)13-18-8-5-11-22(15-18)23-27(25)26/h1-11,14-15,21,23-24H,12-13,16H2,(H,25,26). The van der Waals surface area contributed by atoms with Crippen LogP contribution in [0.3, 0.4) is 0 Å². The molecule has 2 atom stereocenters. The Morgan fingerprint density at radius 1 is 0.815 bits per heavy atom. The number of hydrogen-bond acceptors (Lipinski definition) is 2. The van der Waals surface area contributed by atoms with E-state index < -0.39 is 11.3 Å². The van der Waals surface area contributed by atoms with Crippen molar-refractivity contribution in [3.05, 3.63) is 101 Å². The van der Waals surface area contributed by atoms with Gasteiger partial charge in [-0.2, -0.15) is 0 Å². The molecular weight excluding hydrogens is 358 g/mol. The second-order valence-electron chi connectivity index (χ2n) is 6.55. The third-order valence-corrected chi connectivity index (χ3v) is 4.95. The second kappa shape index (κ2) is 9.46. The van der Waals surface area contributed by atoms with Gasteiger partial charge in [-0.15, -0.1) is 0 Å². The Kier molecular flexibility index (Phi) is 6.76. The van der Waals surface area contributed by atoms with Crippen molar-refractivity contribution in [1.29, 1.82) is 0 Å². The zero-order valence-electron chi connectivity index (χ0n) is 14.9. The minimum absolute atomic E-state index is 0.0214. The Morgan fingerprint density at radius 2 is 1.48 bits per heavy atom. The normalized spacial score (nSPS) is 13.1. The van der Waals surface area contributed by atoms with Crippen molar-refractivity contribution in [2.24, 2.45) is 0 Å². The summed E-state index contributed by atoms with van der Waals surface area (Å²) < 4.78 is 22.6. The summed E-state index contributed by atoms with van der Waals surface area (Å²) in [6.45, 7) is 0.0214. The highest BCUT2D eigenvalue weighted by molar-refractivity contribution is 7.80. The van der Waals surface area contributed by atoms with Crippen LogP contribution in [0.25, 0.3) is 0 Å². The Morgan fingerprint density at radius 3 is 2.22 bits per heavy atom. The molecule has 0 aliphatic rings. The van der Waals surface area contributed by atoms with Crippen LogP contribution in [0.15, 0.2) is 78.9 Å². The van der Waals surface area contributed by atoms with Gasteiger partial charge in [0.15, 0.2) is 0 Å². The molecular formula is C22H23NO3S. The molecule has 0 saturated carbocycles. The van der Waals surface area contributed by atoms with Gasteiger partial charge < -0.3 is 5.11 Å². The molecule has 27 heavy (non-hydrogen) atoms. The minimum atomic E-state index is -2.09. The summed E-state index contributed by atoms with van der Waals surface area (Å²) in [7, 11) is 0. The number of rotatable bonds is 8. The molecule has 0 saturated heterocycles. The van der Waals surface area contributed by atoms with Crippen molar-refractivity contribution in [3.63, 3.8) is 0 Å². The molecule has 3 aromatic carbocycles. The van der Waals surface area contributed by atoms with Crippen molar-refractivity contribution < 1.29 is 13.9 Å². The maximum absolute atomic E-state index is 11.0. The van der Waals surface area contributed by atoms with E-state index in [2.05, 4.69) is 29.0 Å².